The minimum atomic E-state index is 0.608. The van der Waals surface area contributed by atoms with Gasteiger partial charge < -0.3 is 4.42 Å². The highest BCUT2D eigenvalue weighted by Crippen LogP contribution is 2.39. The smallest absolute Gasteiger partial charge is 0.164 e. The largest absolute Gasteiger partial charge is 0.456 e. The van der Waals surface area contributed by atoms with Crippen molar-refractivity contribution in [1.82, 2.24) is 15.0 Å². The minimum Gasteiger partial charge on any atom is -0.456 e. The zero-order valence-corrected chi connectivity index (χ0v) is 27.4. The zero-order valence-electron chi connectivity index (χ0n) is 27.4. The normalized spacial score (nSPS) is 11.3. The third-order valence-electron chi connectivity index (χ3n) is 9.33. The molecule has 9 aromatic rings. The van der Waals surface area contributed by atoms with Crippen LogP contribution in [0.25, 0.3) is 89.5 Å². The summed E-state index contributed by atoms with van der Waals surface area (Å²) in [6.07, 6.45) is 0. The van der Waals surface area contributed by atoms with Crippen molar-refractivity contribution in [1.29, 1.82) is 0 Å². The Morgan fingerprint density at radius 2 is 0.900 bits per heavy atom. The summed E-state index contributed by atoms with van der Waals surface area (Å²) in [6.45, 7) is 2.17. The van der Waals surface area contributed by atoms with E-state index >= 15 is 0 Å². The van der Waals surface area contributed by atoms with Gasteiger partial charge in [-0.3, -0.25) is 0 Å². The first-order valence-electron chi connectivity index (χ1n) is 16.8. The maximum atomic E-state index is 6.50. The number of furan rings is 1. The summed E-state index contributed by atoms with van der Waals surface area (Å²) < 4.78 is 6.50. The van der Waals surface area contributed by atoms with Crippen LogP contribution in [0.2, 0.25) is 0 Å². The van der Waals surface area contributed by atoms with Gasteiger partial charge in [0.25, 0.3) is 0 Å². The molecule has 4 nitrogen and oxygen atoms in total. The predicted octanol–water partition coefficient (Wildman–Crippen LogP) is 12.1. The molecule has 236 valence electrons. The van der Waals surface area contributed by atoms with E-state index in [9.17, 15) is 0 Å². The molecule has 0 radical (unpaired) electrons. The van der Waals surface area contributed by atoms with Crippen LogP contribution >= 0.6 is 0 Å². The van der Waals surface area contributed by atoms with Crippen molar-refractivity contribution < 1.29 is 4.42 Å². The molecule has 0 saturated carbocycles. The lowest BCUT2D eigenvalue weighted by Gasteiger charge is -2.13. The van der Waals surface area contributed by atoms with Crippen LogP contribution in [0.1, 0.15) is 5.56 Å². The second kappa shape index (κ2) is 12.4. The number of benzene rings is 7. The number of hydrogen-bond donors (Lipinski definition) is 0. The van der Waals surface area contributed by atoms with Crippen molar-refractivity contribution in [2.24, 2.45) is 0 Å². The van der Waals surface area contributed by atoms with Gasteiger partial charge >= 0.3 is 0 Å². The quantitative estimate of drug-likeness (QED) is 0.181. The van der Waals surface area contributed by atoms with Crippen molar-refractivity contribution in [3.05, 3.63) is 175 Å². The molecule has 2 heterocycles. The fraction of sp³-hybridized carbons (Fsp3) is 0.0217. The fourth-order valence-corrected chi connectivity index (χ4v) is 6.81. The Bertz CT molecular complexity index is 2590. The third kappa shape index (κ3) is 5.33. The van der Waals surface area contributed by atoms with E-state index < -0.39 is 0 Å². The molecule has 7 aromatic carbocycles. The standard InChI is InChI=1S/C46H31N3O/c1-30-13-8-9-18-36(30)38-20-11-10-19-37(38)32-25-23-31(24-26-32)35-27-28-39-42(29-35)50-41-22-12-21-40(43(39)41)46-48-44(33-14-4-2-5-15-33)47-45(49-46)34-16-6-3-7-17-34/h2-29H,1H3. The van der Waals surface area contributed by atoms with Gasteiger partial charge in [-0.15, -0.1) is 0 Å². The van der Waals surface area contributed by atoms with Gasteiger partial charge in [-0.1, -0.05) is 152 Å². The Balaban J connectivity index is 1.12. The van der Waals surface area contributed by atoms with E-state index in [1.54, 1.807) is 0 Å². The van der Waals surface area contributed by atoms with Gasteiger partial charge in [0.05, 0.1) is 0 Å². The van der Waals surface area contributed by atoms with E-state index in [2.05, 4.69) is 104 Å². The number of nitrogens with zero attached hydrogens (tertiary/aromatic N) is 3. The Morgan fingerprint density at radius 3 is 1.58 bits per heavy atom. The minimum absolute atomic E-state index is 0.608. The molecular formula is C46H31N3O. The average Bonchev–Trinajstić information content (AvgIpc) is 3.57. The van der Waals surface area contributed by atoms with Crippen LogP contribution in [0.5, 0.6) is 0 Å². The zero-order chi connectivity index (χ0) is 33.4. The van der Waals surface area contributed by atoms with Crippen molar-refractivity contribution in [2.45, 2.75) is 6.92 Å². The highest BCUT2D eigenvalue weighted by Gasteiger charge is 2.18. The van der Waals surface area contributed by atoms with E-state index in [0.29, 0.717) is 17.5 Å². The highest BCUT2D eigenvalue weighted by molar-refractivity contribution is 6.12. The number of rotatable bonds is 6. The summed E-state index contributed by atoms with van der Waals surface area (Å²) in [5, 5.41) is 2.01. The van der Waals surface area contributed by atoms with E-state index in [0.717, 1.165) is 49.8 Å². The monoisotopic (exact) mass is 641 g/mol. The molecule has 0 unspecified atom stereocenters. The second-order valence-corrected chi connectivity index (χ2v) is 12.5. The summed E-state index contributed by atoms with van der Waals surface area (Å²) >= 11 is 0. The first-order valence-corrected chi connectivity index (χ1v) is 16.8. The molecule has 0 atom stereocenters. The summed E-state index contributed by atoms with van der Waals surface area (Å²) in [7, 11) is 0. The average molecular weight is 642 g/mol. The van der Waals surface area contributed by atoms with Crippen molar-refractivity contribution in [2.75, 3.05) is 0 Å². The maximum absolute atomic E-state index is 6.50. The van der Waals surface area contributed by atoms with Gasteiger partial charge in [0.2, 0.25) is 0 Å². The van der Waals surface area contributed by atoms with Crippen LogP contribution in [0.15, 0.2) is 174 Å². The van der Waals surface area contributed by atoms with Gasteiger partial charge in [-0.25, -0.2) is 15.0 Å². The molecule has 0 aliphatic carbocycles. The van der Waals surface area contributed by atoms with Crippen molar-refractivity contribution in [3.63, 3.8) is 0 Å². The maximum Gasteiger partial charge on any atom is 0.164 e. The summed E-state index contributed by atoms with van der Waals surface area (Å²) in [5.41, 5.74) is 12.8. The van der Waals surface area contributed by atoms with Crippen LogP contribution in [0.4, 0.5) is 0 Å². The lowest BCUT2D eigenvalue weighted by molar-refractivity contribution is 0.669. The predicted molar refractivity (Wildman–Crippen MR) is 204 cm³/mol. The highest BCUT2D eigenvalue weighted by atomic mass is 16.3. The SMILES string of the molecule is Cc1ccccc1-c1ccccc1-c1ccc(-c2ccc3c(c2)oc2cccc(-c4nc(-c5ccccc5)nc(-c5ccccc5)n4)c23)cc1. The Kier molecular flexibility index (Phi) is 7.33. The van der Waals surface area contributed by atoms with Crippen molar-refractivity contribution in [3.8, 4) is 67.5 Å². The molecule has 0 bridgehead atoms. The molecule has 0 N–H and O–H groups in total. The van der Waals surface area contributed by atoms with Crippen LogP contribution in [-0.2, 0) is 0 Å². The van der Waals surface area contributed by atoms with Gasteiger partial charge in [-0.2, -0.15) is 0 Å². The van der Waals surface area contributed by atoms with Crippen LogP contribution in [-0.4, -0.2) is 15.0 Å². The molecule has 0 amide bonds. The molecule has 0 aliphatic rings. The van der Waals surface area contributed by atoms with E-state index in [1.165, 1.54) is 27.8 Å². The molecule has 9 rings (SSSR count). The van der Waals surface area contributed by atoms with Gasteiger partial charge in [0, 0.05) is 27.5 Å². The topological polar surface area (TPSA) is 51.8 Å². The fourth-order valence-electron chi connectivity index (χ4n) is 6.81. The van der Waals surface area contributed by atoms with Crippen LogP contribution in [0.3, 0.4) is 0 Å². The summed E-state index contributed by atoms with van der Waals surface area (Å²) in [4.78, 5) is 14.9. The number of hydrogen-bond acceptors (Lipinski definition) is 4. The molecule has 2 aromatic heterocycles. The Labute approximate surface area is 290 Å². The number of fused-ring (bicyclic) bond motifs is 3. The van der Waals surface area contributed by atoms with E-state index in [-0.39, 0.29) is 0 Å². The Morgan fingerprint density at radius 1 is 0.360 bits per heavy atom. The first kappa shape index (κ1) is 29.5. The molecule has 4 heteroatoms. The lowest BCUT2D eigenvalue weighted by Crippen LogP contribution is -2.00. The summed E-state index contributed by atoms with van der Waals surface area (Å²) in [5.74, 6) is 1.87. The molecule has 0 spiro atoms. The molecular weight excluding hydrogens is 611 g/mol. The summed E-state index contributed by atoms with van der Waals surface area (Å²) in [6, 6.07) is 58.6. The molecule has 0 saturated heterocycles. The molecule has 0 aliphatic heterocycles. The third-order valence-corrected chi connectivity index (χ3v) is 9.33. The first-order chi connectivity index (χ1) is 24.7. The van der Waals surface area contributed by atoms with Gasteiger partial charge in [0.1, 0.15) is 11.2 Å². The van der Waals surface area contributed by atoms with E-state index in [1.807, 2.05) is 72.8 Å². The number of aromatic nitrogens is 3. The molecule has 50 heavy (non-hydrogen) atoms. The number of aryl methyl sites for hydroxylation is 1. The van der Waals surface area contributed by atoms with Crippen LogP contribution < -0.4 is 0 Å². The van der Waals surface area contributed by atoms with E-state index in [4.69, 9.17) is 19.4 Å². The van der Waals surface area contributed by atoms with Crippen LogP contribution in [0, 0.1) is 6.92 Å². The Hall–Kier alpha value is -6.65. The van der Waals surface area contributed by atoms with Crippen molar-refractivity contribution >= 4 is 21.9 Å². The second-order valence-electron chi connectivity index (χ2n) is 12.5. The molecule has 0 fully saturated rings. The van der Waals surface area contributed by atoms with Gasteiger partial charge in [0.15, 0.2) is 17.5 Å². The lowest BCUT2D eigenvalue weighted by atomic mass is 9.91. The van der Waals surface area contributed by atoms with Gasteiger partial charge in [-0.05, 0) is 64.1 Å².